The number of halogens is 4. The molecule has 4 aromatic carbocycles. The Kier molecular flexibility index (Phi) is 13.7. The van der Waals surface area contributed by atoms with Crippen molar-refractivity contribution in [3.63, 3.8) is 0 Å². The highest BCUT2D eigenvalue weighted by atomic mass is 35.5. The normalized spacial score (nSPS) is 25.7. The molecule has 2 N–H and O–H groups in total. The summed E-state index contributed by atoms with van der Waals surface area (Å²) in [5.41, 5.74) is 3.04. The fourth-order valence-electron chi connectivity index (χ4n) is 10.4. The molecule has 18 heteroatoms. The molecule has 4 aromatic rings. The topological polar surface area (TPSA) is 142 Å². The number of nitrogens with zero attached hydrogens (tertiary/aromatic N) is 4. The van der Waals surface area contributed by atoms with Crippen molar-refractivity contribution in [1.29, 1.82) is 0 Å². The van der Waals surface area contributed by atoms with Gasteiger partial charge in [-0.05, 0) is 111 Å². The number of amides is 2. The van der Waals surface area contributed by atoms with Gasteiger partial charge in [0, 0.05) is 70.5 Å². The number of ether oxygens (including phenoxy) is 4. The van der Waals surface area contributed by atoms with Crippen molar-refractivity contribution in [2.45, 2.75) is 63.4 Å². The molecule has 0 aromatic heterocycles. The molecule has 4 atom stereocenters. The van der Waals surface area contributed by atoms with Gasteiger partial charge in [0.05, 0.1) is 35.6 Å². The number of carbonyl (C=O) groups is 4. The summed E-state index contributed by atoms with van der Waals surface area (Å²) in [6.07, 6.45) is 3.50. The van der Waals surface area contributed by atoms with E-state index in [1.165, 1.54) is 0 Å². The Hall–Kier alpha value is -5.22. The highest BCUT2D eigenvalue weighted by Gasteiger charge is 2.40. The third-order valence-electron chi connectivity index (χ3n) is 13.9. The Bertz CT molecular complexity index is 2460. The van der Waals surface area contributed by atoms with Crippen LogP contribution in [-0.2, 0) is 32.2 Å². The predicted octanol–water partition coefficient (Wildman–Crippen LogP) is 7.74. The van der Waals surface area contributed by atoms with Gasteiger partial charge < -0.3 is 49.2 Å². The number of esters is 2. The molecule has 356 valence electrons. The summed E-state index contributed by atoms with van der Waals surface area (Å²) in [7, 11) is 0. The number of carbonyl (C=O) groups excluding carboxylic acids is 4. The maximum atomic E-state index is 14.0. The van der Waals surface area contributed by atoms with Crippen molar-refractivity contribution in [2.24, 2.45) is 11.8 Å². The van der Waals surface area contributed by atoms with E-state index in [1.807, 2.05) is 46.2 Å². The Labute approximate surface area is 414 Å². The molecule has 6 saturated heterocycles. The minimum atomic E-state index is -1.21. The maximum absolute atomic E-state index is 14.0. The third-order valence-corrected chi connectivity index (χ3v) is 15.1. The van der Waals surface area contributed by atoms with Gasteiger partial charge >= 0.3 is 11.9 Å². The lowest BCUT2D eigenvalue weighted by atomic mass is 9.84. The maximum Gasteiger partial charge on any atom is 0.334 e. The minimum Gasteiger partial charge on any atom is -0.450 e. The first-order chi connectivity index (χ1) is 32.9. The average Bonchev–Trinajstić information content (AvgIpc) is 3.33. The van der Waals surface area contributed by atoms with E-state index in [9.17, 15) is 19.2 Å². The highest BCUT2D eigenvalue weighted by Crippen LogP contribution is 2.43. The van der Waals surface area contributed by atoms with Crippen LogP contribution in [0.1, 0.15) is 57.5 Å². The summed E-state index contributed by atoms with van der Waals surface area (Å²) >= 11 is 26.5. The molecule has 4 unspecified atom stereocenters. The van der Waals surface area contributed by atoms with Crippen LogP contribution in [0.2, 0.25) is 20.1 Å². The largest absolute Gasteiger partial charge is 0.450 e. The molecule has 8 aliphatic rings. The monoisotopic (exact) mass is 1000 g/mol. The molecule has 4 bridgehead atoms. The van der Waals surface area contributed by atoms with Gasteiger partial charge in [0.15, 0.2) is 11.5 Å². The van der Waals surface area contributed by atoms with E-state index in [0.717, 1.165) is 88.2 Å². The first-order valence-electron chi connectivity index (χ1n) is 23.0. The van der Waals surface area contributed by atoms with E-state index in [2.05, 4.69) is 20.4 Å². The quantitative estimate of drug-likeness (QED) is 0.106. The van der Waals surface area contributed by atoms with E-state index in [-0.39, 0.29) is 72.7 Å². The molecular weight excluding hydrogens is 954 g/mol. The van der Waals surface area contributed by atoms with Gasteiger partial charge in [0.2, 0.25) is 0 Å². The van der Waals surface area contributed by atoms with Crippen LogP contribution in [-0.4, -0.2) is 111 Å². The molecule has 0 aliphatic carbocycles. The Balaban J connectivity index is 0.855. The van der Waals surface area contributed by atoms with Crippen molar-refractivity contribution in [1.82, 2.24) is 20.4 Å². The molecule has 0 radical (unpaired) electrons. The summed E-state index contributed by atoms with van der Waals surface area (Å²) in [5.74, 6) is -1.37. The van der Waals surface area contributed by atoms with Crippen LogP contribution in [0.3, 0.4) is 0 Å². The summed E-state index contributed by atoms with van der Waals surface area (Å²) in [5, 5.41) is 8.16. The molecule has 14 nitrogen and oxygen atoms in total. The van der Waals surface area contributed by atoms with Crippen LogP contribution in [0, 0.1) is 11.8 Å². The van der Waals surface area contributed by atoms with Crippen molar-refractivity contribution in [2.75, 3.05) is 62.2 Å². The van der Waals surface area contributed by atoms with Crippen LogP contribution >= 0.6 is 46.4 Å². The summed E-state index contributed by atoms with van der Waals surface area (Å²) in [6.45, 7) is 6.25. The van der Waals surface area contributed by atoms with Gasteiger partial charge in [-0.15, -0.1) is 0 Å². The van der Waals surface area contributed by atoms with E-state index >= 15 is 0 Å². The minimum absolute atomic E-state index is 0.0278. The number of anilines is 2. The zero-order valence-corrected chi connectivity index (χ0v) is 40.0. The molecule has 2 amide bonds. The fraction of sp³-hybridized carbons (Fsp3) is 0.400. The second-order valence-electron chi connectivity index (χ2n) is 18.3. The lowest BCUT2D eigenvalue weighted by Crippen LogP contribution is -2.57. The van der Waals surface area contributed by atoms with Crippen LogP contribution in [0.25, 0.3) is 0 Å². The smallest absolute Gasteiger partial charge is 0.334 e. The fourth-order valence-corrected chi connectivity index (χ4v) is 11.2. The molecule has 0 spiro atoms. The number of rotatable bonds is 12. The lowest BCUT2D eigenvalue weighted by molar-refractivity contribution is -0.160. The molecule has 68 heavy (non-hydrogen) atoms. The van der Waals surface area contributed by atoms with Crippen LogP contribution < -0.4 is 29.9 Å². The average molecular weight is 1000 g/mol. The lowest BCUT2D eigenvalue weighted by Gasteiger charge is -2.45. The van der Waals surface area contributed by atoms with E-state index in [4.69, 9.17) is 65.4 Å². The summed E-state index contributed by atoms with van der Waals surface area (Å²) in [4.78, 5) is 63.6. The summed E-state index contributed by atoms with van der Waals surface area (Å²) < 4.78 is 24.2. The van der Waals surface area contributed by atoms with Gasteiger partial charge in [-0.25, -0.2) is 9.59 Å². The number of piperidine rings is 6. The summed E-state index contributed by atoms with van der Waals surface area (Å²) in [6, 6.07) is 21.2. The number of hydrogen-bond donors (Lipinski definition) is 2. The van der Waals surface area contributed by atoms with Gasteiger partial charge in [-0.2, -0.15) is 0 Å². The molecule has 0 saturated carbocycles. The number of nitrogens with one attached hydrogen (secondary N) is 2. The number of benzene rings is 4. The molecular formula is C50H50Cl4N6O8. The molecule has 12 rings (SSSR count). The zero-order valence-electron chi connectivity index (χ0n) is 37.0. The van der Waals surface area contributed by atoms with Gasteiger partial charge in [-0.3, -0.25) is 9.59 Å². The Morgan fingerprint density at radius 3 is 1.34 bits per heavy atom. The van der Waals surface area contributed by atoms with Gasteiger partial charge in [0.25, 0.3) is 24.4 Å². The van der Waals surface area contributed by atoms with Gasteiger partial charge in [0.1, 0.15) is 0 Å². The van der Waals surface area contributed by atoms with E-state index in [1.54, 1.807) is 36.4 Å². The molecule has 6 fully saturated rings. The predicted molar refractivity (Wildman–Crippen MR) is 259 cm³/mol. The van der Waals surface area contributed by atoms with E-state index in [0.29, 0.717) is 43.3 Å². The van der Waals surface area contributed by atoms with Crippen LogP contribution in [0.15, 0.2) is 84.9 Å². The van der Waals surface area contributed by atoms with Gasteiger partial charge in [-0.1, -0.05) is 82.8 Å². The second kappa shape index (κ2) is 20.0. The van der Waals surface area contributed by atoms with Crippen molar-refractivity contribution in [3.05, 3.63) is 127 Å². The van der Waals surface area contributed by atoms with Crippen molar-refractivity contribution >= 4 is 81.5 Å². The van der Waals surface area contributed by atoms with Crippen LogP contribution in [0.5, 0.6) is 11.5 Å². The van der Waals surface area contributed by atoms with Crippen molar-refractivity contribution in [3.8, 4) is 11.5 Å². The highest BCUT2D eigenvalue weighted by molar-refractivity contribution is 6.32. The molecule has 8 aliphatic heterocycles. The third kappa shape index (κ3) is 10.2. The van der Waals surface area contributed by atoms with Crippen LogP contribution in [0.4, 0.5) is 11.4 Å². The van der Waals surface area contributed by atoms with E-state index < -0.39 is 24.5 Å². The first kappa shape index (κ1) is 46.5. The first-order valence-corrected chi connectivity index (χ1v) is 24.5. The SMILES string of the molecule is O=C(/C=C/C(=O)OC1CN(Cc2ccccc2Cl)c2cc(Cl)cc(C(=O)NC3CN4CCC3CC4)c2O1)OC1CN(Cc2ccccc2Cl)c2cc(Cl)cc(C(=O)NC3CN4CCC3CC4)c2O1. The molecule has 8 heterocycles. The van der Waals surface area contributed by atoms with Crippen molar-refractivity contribution < 1.29 is 38.1 Å². The Morgan fingerprint density at radius 2 is 0.971 bits per heavy atom. The standard InChI is InChI=1S/C50H50Cl4N6O8/c51-33-19-35(49(63)55-39-25-57-15-11-29(39)12-16-57)47-41(21-33)59(23-31-5-1-3-7-37(31)53)27-45(67-47)65-43(61)9-10-44(62)66-46-28-60(24-32-6-2-4-8-38(32)54)42-22-34(52)20-36(48(42)68-46)50(64)56-40-26-58-17-13-30(40)14-18-58/h1-10,19-22,29-30,39-40,45-46H,11-18,23-28H2,(H,55,63)(H,56,64)/b10-9+. The Morgan fingerprint density at radius 1 is 0.574 bits per heavy atom. The number of hydrogen-bond acceptors (Lipinski definition) is 12. The second-order valence-corrected chi connectivity index (χ2v) is 20.0. The number of fused-ring (bicyclic) bond motifs is 8. The zero-order chi connectivity index (χ0) is 47.1.